The molecule has 0 bridgehead atoms. The van der Waals surface area contributed by atoms with Crippen LogP contribution in [0.4, 0.5) is 0 Å². The second kappa shape index (κ2) is 9.75. The van der Waals surface area contributed by atoms with Crippen molar-refractivity contribution in [1.82, 2.24) is 10.2 Å². The molecule has 28 heavy (non-hydrogen) atoms. The summed E-state index contributed by atoms with van der Waals surface area (Å²) in [7, 11) is 3.41. The number of ether oxygens (including phenoxy) is 1. The number of nitrogens with one attached hydrogen (secondary N) is 1. The minimum atomic E-state index is -0.117. The van der Waals surface area contributed by atoms with Crippen molar-refractivity contribution in [2.24, 2.45) is 0 Å². The maximum atomic E-state index is 13.0. The van der Waals surface area contributed by atoms with Crippen LogP contribution >= 0.6 is 11.8 Å². The van der Waals surface area contributed by atoms with Gasteiger partial charge in [0.05, 0.1) is 11.7 Å². The van der Waals surface area contributed by atoms with E-state index in [2.05, 4.69) is 5.32 Å². The summed E-state index contributed by atoms with van der Waals surface area (Å²) in [5, 5.41) is 2.60. The quantitative estimate of drug-likeness (QED) is 0.724. The van der Waals surface area contributed by atoms with Crippen molar-refractivity contribution in [2.75, 3.05) is 26.5 Å². The predicted molar refractivity (Wildman–Crippen MR) is 112 cm³/mol. The lowest BCUT2D eigenvalue weighted by Crippen LogP contribution is -2.27. The number of hydrogen-bond acceptors (Lipinski definition) is 4. The van der Waals surface area contributed by atoms with E-state index in [1.807, 2.05) is 36.4 Å². The number of benzene rings is 2. The fraction of sp³-hybridized carbons (Fsp3) is 0.364. The molecular formula is C22H26N2O3S. The molecule has 2 amide bonds. The normalized spacial score (nSPS) is 16.0. The van der Waals surface area contributed by atoms with Crippen molar-refractivity contribution in [3.8, 4) is 0 Å². The molecule has 0 saturated carbocycles. The number of hydrogen-bond donors (Lipinski definition) is 1. The van der Waals surface area contributed by atoms with Crippen LogP contribution in [-0.2, 0) is 11.3 Å². The van der Waals surface area contributed by atoms with E-state index >= 15 is 0 Å². The second-order valence-corrected chi connectivity index (χ2v) is 7.94. The lowest BCUT2D eigenvalue weighted by atomic mass is 10.1. The molecule has 1 unspecified atom stereocenters. The van der Waals surface area contributed by atoms with Crippen molar-refractivity contribution in [3.05, 3.63) is 65.2 Å². The van der Waals surface area contributed by atoms with Gasteiger partial charge < -0.3 is 15.0 Å². The van der Waals surface area contributed by atoms with Gasteiger partial charge in [0.2, 0.25) is 0 Å². The Balaban J connectivity index is 1.65. The molecule has 0 spiro atoms. The van der Waals surface area contributed by atoms with Gasteiger partial charge in [-0.25, -0.2) is 0 Å². The molecule has 1 heterocycles. The van der Waals surface area contributed by atoms with Crippen molar-refractivity contribution >= 4 is 23.6 Å². The van der Waals surface area contributed by atoms with E-state index in [0.717, 1.165) is 41.2 Å². The Morgan fingerprint density at radius 3 is 2.61 bits per heavy atom. The van der Waals surface area contributed by atoms with Gasteiger partial charge in [-0.3, -0.25) is 9.59 Å². The van der Waals surface area contributed by atoms with Gasteiger partial charge >= 0.3 is 0 Å². The van der Waals surface area contributed by atoms with Gasteiger partial charge in [-0.2, -0.15) is 0 Å². The zero-order valence-electron chi connectivity index (χ0n) is 16.3. The van der Waals surface area contributed by atoms with Crippen LogP contribution in [0, 0.1) is 0 Å². The van der Waals surface area contributed by atoms with Gasteiger partial charge in [0, 0.05) is 43.5 Å². The van der Waals surface area contributed by atoms with Gasteiger partial charge in [-0.05, 0) is 42.7 Å². The van der Waals surface area contributed by atoms with Crippen molar-refractivity contribution in [3.63, 3.8) is 0 Å². The molecular weight excluding hydrogens is 372 g/mol. The van der Waals surface area contributed by atoms with E-state index < -0.39 is 0 Å². The third-order valence-electron chi connectivity index (χ3n) is 4.78. The van der Waals surface area contributed by atoms with E-state index in [1.54, 1.807) is 42.9 Å². The van der Waals surface area contributed by atoms with Crippen molar-refractivity contribution < 1.29 is 14.3 Å². The minimum absolute atomic E-state index is 0.00850. The molecule has 1 aliphatic rings. The maximum absolute atomic E-state index is 13.0. The minimum Gasteiger partial charge on any atom is -0.377 e. The van der Waals surface area contributed by atoms with Crippen LogP contribution < -0.4 is 5.32 Å². The van der Waals surface area contributed by atoms with Crippen molar-refractivity contribution in [1.29, 1.82) is 0 Å². The van der Waals surface area contributed by atoms with E-state index in [-0.39, 0.29) is 17.9 Å². The van der Waals surface area contributed by atoms with Crippen LogP contribution in [0.15, 0.2) is 53.4 Å². The first-order valence-corrected chi connectivity index (χ1v) is 10.5. The van der Waals surface area contributed by atoms with Gasteiger partial charge in [-0.1, -0.05) is 24.3 Å². The monoisotopic (exact) mass is 398 g/mol. The number of carbonyl (C=O) groups is 2. The molecule has 0 aromatic heterocycles. The summed E-state index contributed by atoms with van der Waals surface area (Å²) in [4.78, 5) is 27.4. The molecule has 2 aromatic carbocycles. The number of thioether (sulfide) groups is 1. The van der Waals surface area contributed by atoms with Gasteiger partial charge in [0.25, 0.3) is 11.8 Å². The Bertz CT molecular complexity index is 817. The van der Waals surface area contributed by atoms with E-state index in [0.29, 0.717) is 12.1 Å². The Labute approximate surface area is 170 Å². The van der Waals surface area contributed by atoms with Crippen LogP contribution in [0.25, 0.3) is 0 Å². The highest BCUT2D eigenvalue weighted by atomic mass is 32.2. The first-order chi connectivity index (χ1) is 13.6. The molecule has 1 aliphatic heterocycles. The Morgan fingerprint density at radius 1 is 1.18 bits per heavy atom. The Hall–Kier alpha value is -2.31. The van der Waals surface area contributed by atoms with Crippen LogP contribution in [0.2, 0.25) is 0 Å². The number of amides is 2. The summed E-state index contributed by atoms with van der Waals surface area (Å²) in [5.74, 6) is 0.744. The highest BCUT2D eigenvalue weighted by Gasteiger charge is 2.19. The average Bonchev–Trinajstić information content (AvgIpc) is 3.25. The first-order valence-electron chi connectivity index (χ1n) is 9.48. The molecule has 0 aliphatic carbocycles. The van der Waals surface area contributed by atoms with Gasteiger partial charge in [-0.15, -0.1) is 11.8 Å². The summed E-state index contributed by atoms with van der Waals surface area (Å²) in [6, 6.07) is 15.1. The molecule has 1 N–H and O–H groups in total. The highest BCUT2D eigenvalue weighted by Crippen LogP contribution is 2.27. The molecule has 3 rings (SSSR count). The third kappa shape index (κ3) is 5.14. The fourth-order valence-electron chi connectivity index (χ4n) is 3.18. The second-order valence-electron chi connectivity index (χ2n) is 6.88. The molecule has 0 radical (unpaired) electrons. The summed E-state index contributed by atoms with van der Waals surface area (Å²) < 4.78 is 5.69. The van der Waals surface area contributed by atoms with E-state index in [1.165, 1.54) is 0 Å². The molecule has 6 heteroatoms. The maximum Gasteiger partial charge on any atom is 0.255 e. The zero-order chi connectivity index (χ0) is 19.9. The Kier molecular flexibility index (Phi) is 7.12. The van der Waals surface area contributed by atoms with Gasteiger partial charge in [0.1, 0.15) is 0 Å². The van der Waals surface area contributed by atoms with Crippen LogP contribution in [-0.4, -0.2) is 49.3 Å². The standard InChI is InChI=1S/C22H26N2O3S/c1-23-21(25)17-11-9-16(10-12-17)14-24(2)22(26)19-7-3-4-8-20(19)28-15-18-6-5-13-27-18/h3-4,7-12,18H,5-6,13-15H2,1-2H3,(H,23,25). The summed E-state index contributed by atoms with van der Waals surface area (Å²) >= 11 is 1.69. The SMILES string of the molecule is CNC(=O)c1ccc(CN(C)C(=O)c2ccccc2SCC2CCCO2)cc1. The average molecular weight is 399 g/mol. The van der Waals surface area contributed by atoms with Gasteiger partial charge in [0.15, 0.2) is 0 Å². The van der Waals surface area contributed by atoms with Crippen molar-refractivity contribution in [2.45, 2.75) is 30.4 Å². The summed E-state index contributed by atoms with van der Waals surface area (Å²) in [6.45, 7) is 1.32. The number of carbonyl (C=O) groups excluding carboxylic acids is 2. The molecule has 1 fully saturated rings. The number of rotatable bonds is 7. The molecule has 1 saturated heterocycles. The van der Waals surface area contributed by atoms with E-state index in [4.69, 9.17) is 4.74 Å². The molecule has 1 atom stereocenters. The molecule has 5 nitrogen and oxygen atoms in total. The first kappa shape index (κ1) is 20.4. The third-order valence-corrected chi connectivity index (χ3v) is 5.98. The van der Waals surface area contributed by atoms with E-state index in [9.17, 15) is 9.59 Å². The smallest absolute Gasteiger partial charge is 0.255 e. The van der Waals surface area contributed by atoms with Crippen LogP contribution in [0.5, 0.6) is 0 Å². The Morgan fingerprint density at radius 2 is 1.93 bits per heavy atom. The van der Waals surface area contributed by atoms with Crippen LogP contribution in [0.3, 0.4) is 0 Å². The predicted octanol–water partition coefficient (Wildman–Crippen LogP) is 3.59. The lowest BCUT2D eigenvalue weighted by molar-refractivity contribution is 0.0781. The van der Waals surface area contributed by atoms with Crippen LogP contribution in [0.1, 0.15) is 39.1 Å². The number of nitrogens with zero attached hydrogens (tertiary/aromatic N) is 1. The topological polar surface area (TPSA) is 58.6 Å². The zero-order valence-corrected chi connectivity index (χ0v) is 17.1. The largest absolute Gasteiger partial charge is 0.377 e. The highest BCUT2D eigenvalue weighted by molar-refractivity contribution is 7.99. The lowest BCUT2D eigenvalue weighted by Gasteiger charge is -2.19. The summed E-state index contributed by atoms with van der Waals surface area (Å²) in [5.41, 5.74) is 2.30. The molecule has 2 aromatic rings. The summed E-state index contributed by atoms with van der Waals surface area (Å²) in [6.07, 6.45) is 2.49. The fourth-order valence-corrected chi connectivity index (χ4v) is 4.30. The molecule has 148 valence electrons.